The minimum atomic E-state index is -1.84. The van der Waals surface area contributed by atoms with Gasteiger partial charge >= 0.3 is 11.9 Å². The molecule has 0 bridgehead atoms. The van der Waals surface area contributed by atoms with Gasteiger partial charge in [-0.3, -0.25) is 9.59 Å². The minimum absolute atomic E-state index is 0.157. The first-order valence-electron chi connectivity index (χ1n) is 27.0. The highest BCUT2D eigenvalue weighted by molar-refractivity contribution is 5.92. The quantitative estimate of drug-likeness (QED) is 0.0841. The summed E-state index contributed by atoms with van der Waals surface area (Å²) in [7, 11) is 7.18. The van der Waals surface area contributed by atoms with Crippen LogP contribution in [0.3, 0.4) is 0 Å². The Morgan fingerprint density at radius 2 is 1.65 bits per heavy atom. The summed E-state index contributed by atoms with van der Waals surface area (Å²) < 4.78 is 53.1. The van der Waals surface area contributed by atoms with Crippen LogP contribution in [-0.4, -0.2) is 190 Å². The van der Waals surface area contributed by atoms with E-state index < -0.39 is 107 Å². The van der Waals surface area contributed by atoms with Gasteiger partial charge in [0.05, 0.1) is 59.9 Å². The summed E-state index contributed by atoms with van der Waals surface area (Å²) in [5.74, 6) is -3.98. The third kappa shape index (κ3) is 14.0. The van der Waals surface area contributed by atoms with E-state index in [2.05, 4.69) is 0 Å². The van der Waals surface area contributed by atoms with Crippen molar-refractivity contribution in [3.63, 3.8) is 0 Å². The van der Waals surface area contributed by atoms with E-state index in [1.54, 1.807) is 47.1 Å². The Morgan fingerprint density at radius 3 is 2.28 bits per heavy atom. The maximum absolute atomic E-state index is 14.6. The zero-order chi connectivity index (χ0) is 55.5. The maximum Gasteiger partial charge on any atom is 0.341 e. The molecule has 1 aliphatic carbocycles. The zero-order valence-corrected chi connectivity index (χ0v) is 46.8. The molecule has 3 aliphatic heterocycles. The Morgan fingerprint density at radius 1 is 0.960 bits per heavy atom. The molecular formula is C56H89N3O16. The van der Waals surface area contributed by atoms with E-state index in [0.717, 1.165) is 23.9 Å². The Labute approximate surface area is 443 Å². The summed E-state index contributed by atoms with van der Waals surface area (Å²) in [6, 6.07) is 4.85. The summed E-state index contributed by atoms with van der Waals surface area (Å²) >= 11 is 0. The first-order chi connectivity index (χ1) is 35.1. The number of carbonyl (C=O) groups is 2. The molecule has 4 aliphatic rings. The second-order valence-electron chi connectivity index (χ2n) is 23.1. The number of hydrogen-bond acceptors (Lipinski definition) is 17. The molecule has 6 rings (SSSR count). The van der Waals surface area contributed by atoms with Crippen molar-refractivity contribution in [3.8, 4) is 0 Å². The number of benzene rings is 1. The van der Waals surface area contributed by atoms with Crippen molar-refractivity contribution in [2.24, 2.45) is 17.8 Å². The number of aromatic carboxylic acids is 1. The predicted molar refractivity (Wildman–Crippen MR) is 280 cm³/mol. The number of nitrogens with zero attached hydrogens (tertiary/aromatic N) is 3. The fourth-order valence-electron chi connectivity index (χ4n) is 11.9. The zero-order valence-electron chi connectivity index (χ0n) is 46.8. The number of methoxy groups -OCH3 is 1. The molecule has 3 saturated heterocycles. The van der Waals surface area contributed by atoms with E-state index in [0.29, 0.717) is 24.8 Å². The van der Waals surface area contributed by atoms with Crippen molar-refractivity contribution in [1.29, 1.82) is 0 Å². The number of aromatic nitrogens is 1. The van der Waals surface area contributed by atoms with E-state index in [9.17, 15) is 39.9 Å². The van der Waals surface area contributed by atoms with Gasteiger partial charge in [-0.1, -0.05) is 26.8 Å². The number of likely N-dealkylation sites (N-methyl/N-ethyl adjacent to an activating group) is 2. The van der Waals surface area contributed by atoms with Gasteiger partial charge in [0, 0.05) is 55.7 Å². The van der Waals surface area contributed by atoms with Crippen molar-refractivity contribution >= 4 is 22.8 Å². The molecule has 4 fully saturated rings. The summed E-state index contributed by atoms with van der Waals surface area (Å²) in [5.41, 5.74) is -3.62. The molecule has 18 atom stereocenters. The normalized spacial score (nSPS) is 39.1. The van der Waals surface area contributed by atoms with E-state index in [-0.39, 0.29) is 62.1 Å². The molecule has 0 amide bonds. The van der Waals surface area contributed by atoms with Crippen LogP contribution in [0.5, 0.6) is 0 Å². The number of fused-ring (bicyclic) bond motifs is 1. The second kappa shape index (κ2) is 25.0. The number of esters is 1. The number of aliphatic hydroxyl groups is 4. The third-order valence-electron chi connectivity index (χ3n) is 16.5. The van der Waals surface area contributed by atoms with Crippen LogP contribution >= 0.6 is 0 Å². The van der Waals surface area contributed by atoms with Crippen molar-refractivity contribution in [2.75, 3.05) is 48.0 Å². The Balaban J connectivity index is 1.20. The molecule has 1 saturated carbocycles. The Hall–Kier alpha value is -3.57. The lowest BCUT2D eigenvalue weighted by atomic mass is 9.77. The van der Waals surface area contributed by atoms with Gasteiger partial charge in [0.15, 0.2) is 12.6 Å². The van der Waals surface area contributed by atoms with Crippen LogP contribution in [0.25, 0.3) is 10.9 Å². The standard InChI is InChI=1S/C56H89N3O16/c1-15-43-56(10,67)48(62)35(6)58(13)29-31(2)27-54(8,66)49(75-53-46(61)42(57(11)12)25-32(3)71-53)33(4)47(34(5)52(65)73-43)74-44-28-55(9,68-14)50(36(7)72-44)70-24-23-69-22-16-17-37-18-21-41-39(26-37)45(60)40(51(63)64)30-59(41)38-19-20-38/h16,18,21-22,26,30-36,38,42-44,46-50,53,61-62,66-67H,15,17,19-20,23-25,27-29H2,1-14H3,(H,63,64)/b22-16+/t31-,32-,33+,34-,35-,36+,42+,43-,44+,46-,47+,48-,49-,50+,53+,54-,55-,56-/m1/s1. The van der Waals surface area contributed by atoms with Crippen molar-refractivity contribution < 1.29 is 73.0 Å². The average molecular weight is 1060 g/mol. The van der Waals surface area contributed by atoms with E-state index in [4.69, 9.17) is 37.9 Å². The van der Waals surface area contributed by atoms with Gasteiger partial charge in [-0.15, -0.1) is 0 Å². The van der Waals surface area contributed by atoms with Gasteiger partial charge in [0.25, 0.3) is 0 Å². The highest BCUT2D eigenvalue weighted by atomic mass is 16.7. The van der Waals surface area contributed by atoms with Gasteiger partial charge in [-0.05, 0) is 138 Å². The third-order valence-corrected chi connectivity index (χ3v) is 16.5. The first-order valence-corrected chi connectivity index (χ1v) is 27.0. The number of carbonyl (C=O) groups excluding carboxylic acids is 1. The molecule has 424 valence electrons. The SMILES string of the molecule is CC[C@H]1OC(=O)[C@H](C)[C@@H](O[C@H]2C[C@@](C)(OC)[C@@H](OCCO/C=C/Cc3ccc4c(c3)c(=O)c(C(=O)O)cn4C3CC3)[C@H](C)O2)[C@H](C)[C@@H](O[C@@H]2O[C@H](C)C[C@H](N(C)C)[C@H]2O)[C@](C)(O)C[C@@H](C)CN(C)[C@H](C)[C@@H](O)[C@]1(C)O. The topological polar surface area (TPSA) is 238 Å². The minimum Gasteiger partial charge on any atom is -0.499 e. The number of carboxylic acid groups (broad SMARTS) is 1. The lowest BCUT2D eigenvalue weighted by molar-refractivity contribution is -0.321. The molecule has 1 aromatic carbocycles. The summed E-state index contributed by atoms with van der Waals surface area (Å²) in [5, 5.41) is 58.2. The van der Waals surface area contributed by atoms with E-state index in [1.807, 2.05) is 88.3 Å². The van der Waals surface area contributed by atoms with E-state index >= 15 is 0 Å². The van der Waals surface area contributed by atoms with Crippen LogP contribution < -0.4 is 5.43 Å². The van der Waals surface area contributed by atoms with Gasteiger partial charge in [0.2, 0.25) is 5.43 Å². The van der Waals surface area contributed by atoms with E-state index in [1.165, 1.54) is 13.1 Å². The molecule has 1 aromatic heterocycles. The molecule has 5 N–H and O–H groups in total. The highest BCUT2D eigenvalue weighted by Crippen LogP contribution is 2.41. The number of pyridine rings is 1. The fourth-order valence-corrected chi connectivity index (χ4v) is 11.9. The molecule has 19 heteroatoms. The van der Waals surface area contributed by atoms with Gasteiger partial charge in [0.1, 0.15) is 42.2 Å². The van der Waals surface area contributed by atoms with Crippen LogP contribution in [0, 0.1) is 17.8 Å². The average Bonchev–Trinajstić information content (AvgIpc) is 4.19. The number of aliphatic hydroxyl groups excluding tert-OH is 2. The van der Waals surface area contributed by atoms with Crippen LogP contribution in [0.2, 0.25) is 0 Å². The number of hydrogen-bond donors (Lipinski definition) is 5. The number of carboxylic acids is 1. The molecule has 4 heterocycles. The first kappa shape index (κ1) is 60.7. The Bertz CT molecular complexity index is 2320. The van der Waals surface area contributed by atoms with Gasteiger partial charge < -0.3 is 77.8 Å². The molecule has 75 heavy (non-hydrogen) atoms. The predicted octanol–water partition coefficient (Wildman–Crippen LogP) is 5.05. The fraction of sp³-hybridized carbons (Fsp3) is 0.768. The largest absolute Gasteiger partial charge is 0.499 e. The molecule has 2 aromatic rings. The van der Waals surface area contributed by atoms with Crippen LogP contribution in [0.1, 0.15) is 130 Å². The Kier molecular flexibility index (Phi) is 20.3. The molecular weight excluding hydrogens is 971 g/mol. The number of cyclic esters (lactones) is 1. The van der Waals surface area contributed by atoms with Crippen molar-refractivity contribution in [2.45, 2.75) is 211 Å². The van der Waals surface area contributed by atoms with Crippen LogP contribution in [-0.2, 0) is 49.1 Å². The van der Waals surface area contributed by atoms with Gasteiger partial charge in [-0.2, -0.15) is 0 Å². The molecule has 19 nitrogen and oxygen atoms in total. The van der Waals surface area contributed by atoms with Gasteiger partial charge in [-0.25, -0.2) is 4.79 Å². The smallest absolute Gasteiger partial charge is 0.341 e. The molecule has 0 radical (unpaired) electrons. The molecule has 0 spiro atoms. The number of rotatable bonds is 16. The highest BCUT2D eigenvalue weighted by Gasteiger charge is 2.53. The summed E-state index contributed by atoms with van der Waals surface area (Å²) in [6.45, 7) is 18.7. The van der Waals surface area contributed by atoms with Crippen LogP contribution in [0.4, 0.5) is 0 Å². The summed E-state index contributed by atoms with van der Waals surface area (Å²) in [4.78, 5) is 43.4. The maximum atomic E-state index is 14.6. The van der Waals surface area contributed by atoms with Crippen molar-refractivity contribution in [3.05, 3.63) is 58.1 Å². The monoisotopic (exact) mass is 1060 g/mol. The second-order valence-corrected chi connectivity index (χ2v) is 23.1. The number of ether oxygens (including phenoxy) is 8. The molecule has 0 unspecified atom stereocenters. The number of allylic oxidation sites excluding steroid dienone is 1. The summed E-state index contributed by atoms with van der Waals surface area (Å²) in [6.07, 6.45) is -1.00. The van der Waals surface area contributed by atoms with Crippen LogP contribution in [0.15, 0.2) is 41.5 Å². The lowest BCUT2D eigenvalue weighted by Crippen LogP contribution is -2.61. The van der Waals surface area contributed by atoms with Crippen molar-refractivity contribution in [1.82, 2.24) is 14.4 Å². The lowest BCUT2D eigenvalue weighted by Gasteiger charge is -2.49.